The molecule has 1 aliphatic rings. The molecule has 1 unspecified atom stereocenters. The molecule has 1 atom stereocenters. The van der Waals surface area contributed by atoms with Crippen LogP contribution in [0.25, 0.3) is 10.9 Å². The van der Waals surface area contributed by atoms with Crippen LogP contribution < -0.4 is 14.8 Å². The van der Waals surface area contributed by atoms with Crippen molar-refractivity contribution < 1.29 is 24.2 Å². The van der Waals surface area contributed by atoms with E-state index in [1.54, 1.807) is 12.1 Å². The third kappa shape index (κ3) is 2.56. The minimum Gasteiger partial charge on any atom is -0.493 e. The van der Waals surface area contributed by atoms with E-state index in [0.717, 1.165) is 0 Å². The number of carbonyl (C=O) groups excluding carboxylic acids is 1. The number of hydrogen-bond acceptors (Lipinski definition) is 7. The number of fused-ring (bicyclic) bond motifs is 3. The molecule has 2 N–H and O–H groups in total. The summed E-state index contributed by atoms with van der Waals surface area (Å²) in [5, 5.41) is 12.5. The van der Waals surface area contributed by atoms with Crippen molar-refractivity contribution in [3.63, 3.8) is 0 Å². The smallest absolute Gasteiger partial charge is 0.303 e. The van der Waals surface area contributed by atoms with Crippen LogP contribution in [0.3, 0.4) is 0 Å². The molecule has 0 bridgehead atoms. The van der Waals surface area contributed by atoms with Crippen molar-refractivity contribution in [2.75, 3.05) is 19.5 Å². The molecule has 1 aromatic heterocycles. The topological polar surface area (TPSA) is 103 Å². The highest BCUT2D eigenvalue weighted by atomic mass is 32.1. The Bertz CT molecular complexity index is 908. The van der Waals surface area contributed by atoms with Gasteiger partial charge in [0.1, 0.15) is 11.9 Å². The average Bonchev–Trinajstić information content (AvgIpc) is 2.89. The standard InChI is InChI=1S/C15H15N3O5S/c1-22-10-5-7-9(6-11(10)23-2)17-15(24)18-13(7)16-8(14(18)21)3-4-12(19)20/h5-6,8,16H,3-4H2,1-2H3,(H,19,20). The lowest BCUT2D eigenvalue weighted by atomic mass is 10.1. The lowest BCUT2D eigenvalue weighted by Crippen LogP contribution is -2.25. The predicted molar refractivity (Wildman–Crippen MR) is 88.6 cm³/mol. The lowest BCUT2D eigenvalue weighted by Gasteiger charge is -2.11. The molecule has 8 nitrogen and oxygen atoms in total. The molecule has 0 amide bonds. The number of carboxylic acid groups (broad SMARTS) is 1. The van der Waals surface area contributed by atoms with Gasteiger partial charge in [0.05, 0.1) is 19.7 Å². The second-order valence-electron chi connectivity index (χ2n) is 5.27. The fourth-order valence-corrected chi connectivity index (χ4v) is 2.99. The van der Waals surface area contributed by atoms with Crippen molar-refractivity contribution in [3.8, 4) is 11.5 Å². The van der Waals surface area contributed by atoms with Crippen LogP contribution in [-0.2, 0) is 4.79 Å². The number of nitrogens with one attached hydrogen (secondary N) is 1. The van der Waals surface area contributed by atoms with Crippen LogP contribution in [-0.4, -0.2) is 46.8 Å². The van der Waals surface area contributed by atoms with Gasteiger partial charge >= 0.3 is 5.97 Å². The zero-order valence-electron chi connectivity index (χ0n) is 13.0. The van der Waals surface area contributed by atoms with Crippen LogP contribution in [0.2, 0.25) is 0 Å². The van der Waals surface area contributed by atoms with Crippen LogP contribution in [0.1, 0.15) is 17.6 Å². The molecule has 0 fully saturated rings. The summed E-state index contributed by atoms with van der Waals surface area (Å²) in [6.45, 7) is 0. The number of methoxy groups -OCH3 is 2. The molecule has 0 aliphatic carbocycles. The van der Waals surface area contributed by atoms with Crippen LogP contribution in [0.4, 0.5) is 5.82 Å². The Balaban J connectivity index is 2.14. The van der Waals surface area contributed by atoms with Crippen molar-refractivity contribution in [3.05, 3.63) is 16.9 Å². The zero-order valence-corrected chi connectivity index (χ0v) is 13.8. The molecule has 2 heterocycles. The molecule has 24 heavy (non-hydrogen) atoms. The van der Waals surface area contributed by atoms with Crippen LogP contribution in [0.15, 0.2) is 12.1 Å². The number of nitrogens with zero attached hydrogens (tertiary/aromatic N) is 2. The lowest BCUT2D eigenvalue weighted by molar-refractivity contribution is -0.137. The van der Waals surface area contributed by atoms with Crippen LogP contribution >= 0.6 is 12.2 Å². The maximum absolute atomic E-state index is 12.5. The molecule has 0 saturated heterocycles. The van der Waals surface area contributed by atoms with E-state index in [4.69, 9.17) is 26.8 Å². The Hall–Kier alpha value is -2.68. The monoisotopic (exact) mass is 349 g/mol. The van der Waals surface area contributed by atoms with Crippen molar-refractivity contribution in [1.29, 1.82) is 0 Å². The third-order valence-electron chi connectivity index (χ3n) is 3.86. The molecule has 0 saturated carbocycles. The van der Waals surface area contributed by atoms with Crippen molar-refractivity contribution >= 4 is 40.8 Å². The molecule has 0 spiro atoms. The molecular formula is C15H15N3O5S. The number of carbonyl (C=O) groups is 2. The second kappa shape index (κ2) is 6.08. The molecule has 0 radical (unpaired) electrons. The van der Waals surface area contributed by atoms with E-state index in [1.165, 1.54) is 18.8 Å². The summed E-state index contributed by atoms with van der Waals surface area (Å²) < 4.78 is 12.0. The van der Waals surface area contributed by atoms with E-state index in [-0.39, 0.29) is 23.5 Å². The first-order chi connectivity index (χ1) is 11.5. The maximum Gasteiger partial charge on any atom is 0.303 e. The van der Waals surface area contributed by atoms with Gasteiger partial charge in [0.25, 0.3) is 5.91 Å². The number of benzene rings is 1. The van der Waals surface area contributed by atoms with Gasteiger partial charge in [0.2, 0.25) is 4.77 Å². The van der Waals surface area contributed by atoms with Crippen LogP contribution in [0, 0.1) is 4.77 Å². The maximum atomic E-state index is 12.5. The number of aromatic nitrogens is 2. The molecule has 126 valence electrons. The molecular weight excluding hydrogens is 334 g/mol. The molecule has 2 aromatic rings. The summed E-state index contributed by atoms with van der Waals surface area (Å²) >= 11 is 5.22. The molecule has 3 rings (SSSR count). The van der Waals surface area contributed by atoms with E-state index in [0.29, 0.717) is 28.2 Å². The minimum absolute atomic E-state index is 0.111. The van der Waals surface area contributed by atoms with Gasteiger partial charge in [-0.3, -0.25) is 9.59 Å². The quantitative estimate of drug-likeness (QED) is 0.791. The largest absolute Gasteiger partial charge is 0.493 e. The first-order valence-electron chi connectivity index (χ1n) is 7.17. The minimum atomic E-state index is -0.960. The summed E-state index contributed by atoms with van der Waals surface area (Å²) in [7, 11) is 3.03. The van der Waals surface area contributed by atoms with Gasteiger partial charge in [0.15, 0.2) is 11.5 Å². The zero-order chi connectivity index (χ0) is 17.4. The summed E-state index contributed by atoms with van der Waals surface area (Å²) in [5.74, 6) is 0.226. The first-order valence-corrected chi connectivity index (χ1v) is 7.58. The Labute approximate surface area is 142 Å². The Morgan fingerprint density at radius 3 is 2.67 bits per heavy atom. The van der Waals surface area contributed by atoms with Crippen molar-refractivity contribution in [2.24, 2.45) is 0 Å². The predicted octanol–water partition coefficient (Wildman–Crippen LogP) is 2.08. The Kier molecular flexibility index (Phi) is 4.10. The van der Waals surface area contributed by atoms with E-state index >= 15 is 0 Å². The first kappa shape index (κ1) is 16.2. The molecule has 1 aromatic carbocycles. The van der Waals surface area contributed by atoms with Gasteiger partial charge in [-0.05, 0) is 24.7 Å². The van der Waals surface area contributed by atoms with Gasteiger partial charge in [-0.15, -0.1) is 0 Å². The summed E-state index contributed by atoms with van der Waals surface area (Å²) in [5.41, 5.74) is 0.558. The van der Waals surface area contributed by atoms with Crippen LogP contribution in [0.5, 0.6) is 11.5 Å². The summed E-state index contributed by atoms with van der Waals surface area (Å²) in [6.07, 6.45) is 0.0482. The highest BCUT2D eigenvalue weighted by Crippen LogP contribution is 2.36. The fraction of sp³-hybridized carbons (Fsp3) is 0.333. The van der Waals surface area contributed by atoms with E-state index in [2.05, 4.69) is 10.3 Å². The van der Waals surface area contributed by atoms with E-state index in [9.17, 15) is 9.59 Å². The summed E-state index contributed by atoms with van der Waals surface area (Å²) in [4.78, 5) is 27.5. The Morgan fingerprint density at radius 2 is 2.04 bits per heavy atom. The number of anilines is 1. The highest BCUT2D eigenvalue weighted by Gasteiger charge is 2.32. The van der Waals surface area contributed by atoms with E-state index < -0.39 is 12.0 Å². The van der Waals surface area contributed by atoms with Gasteiger partial charge in [-0.1, -0.05) is 0 Å². The van der Waals surface area contributed by atoms with E-state index in [1.807, 2.05) is 0 Å². The number of ether oxygens (including phenoxy) is 2. The van der Waals surface area contributed by atoms with Gasteiger partial charge in [-0.2, -0.15) is 0 Å². The third-order valence-corrected chi connectivity index (χ3v) is 4.14. The second-order valence-corrected chi connectivity index (χ2v) is 5.64. The normalized spacial score (nSPS) is 15.9. The number of aliphatic carboxylic acids is 1. The van der Waals surface area contributed by atoms with Gasteiger partial charge < -0.3 is 19.9 Å². The van der Waals surface area contributed by atoms with Crippen molar-refractivity contribution in [1.82, 2.24) is 9.55 Å². The fourth-order valence-electron chi connectivity index (χ4n) is 2.71. The Morgan fingerprint density at radius 1 is 1.38 bits per heavy atom. The van der Waals surface area contributed by atoms with Crippen molar-refractivity contribution in [2.45, 2.75) is 18.9 Å². The summed E-state index contributed by atoms with van der Waals surface area (Å²) in [6, 6.07) is 2.74. The highest BCUT2D eigenvalue weighted by molar-refractivity contribution is 7.71. The van der Waals surface area contributed by atoms with Gasteiger partial charge in [0, 0.05) is 17.9 Å². The average molecular weight is 349 g/mol. The number of carboxylic acids is 1. The molecule has 9 heteroatoms. The molecule has 1 aliphatic heterocycles. The number of hydrogen-bond donors (Lipinski definition) is 2. The number of rotatable bonds is 5. The SMILES string of the molecule is COc1cc2nc(=S)n3c(c2cc1OC)NC(CCC(=O)O)C3=O. The van der Waals surface area contributed by atoms with Gasteiger partial charge in [-0.25, -0.2) is 9.55 Å².